The molecular formula is C10H12IN3O2. The summed E-state index contributed by atoms with van der Waals surface area (Å²) in [5.74, 6) is 0.150. The number of benzene rings is 1. The van der Waals surface area contributed by atoms with Crippen molar-refractivity contribution in [1.82, 2.24) is 0 Å². The first-order chi connectivity index (χ1) is 7.54. The van der Waals surface area contributed by atoms with Crippen molar-refractivity contribution in [2.75, 3.05) is 12.0 Å². The van der Waals surface area contributed by atoms with Crippen molar-refractivity contribution in [1.29, 1.82) is 0 Å². The SMILES string of the molecule is CC(=O)Nc1ccc(C(N)=NCO)cc1I. The van der Waals surface area contributed by atoms with E-state index in [0.29, 0.717) is 5.56 Å². The smallest absolute Gasteiger partial charge is 0.221 e. The fraction of sp³-hybridized carbons (Fsp3) is 0.200. The van der Waals surface area contributed by atoms with E-state index in [-0.39, 0.29) is 18.5 Å². The predicted octanol–water partition coefficient (Wildman–Crippen LogP) is 0.905. The summed E-state index contributed by atoms with van der Waals surface area (Å²) in [5.41, 5.74) is 7.07. The van der Waals surface area contributed by atoms with Gasteiger partial charge in [-0.3, -0.25) is 4.79 Å². The number of aliphatic hydroxyl groups is 1. The molecule has 86 valence electrons. The molecule has 0 bridgehead atoms. The minimum atomic E-state index is -0.337. The lowest BCUT2D eigenvalue weighted by atomic mass is 10.2. The van der Waals surface area contributed by atoms with Gasteiger partial charge in [-0.2, -0.15) is 0 Å². The molecule has 1 rings (SSSR count). The summed E-state index contributed by atoms with van der Waals surface area (Å²) in [7, 11) is 0. The molecule has 0 fully saturated rings. The molecule has 1 aromatic rings. The number of rotatable bonds is 3. The van der Waals surface area contributed by atoms with E-state index in [0.717, 1.165) is 9.26 Å². The zero-order valence-electron chi connectivity index (χ0n) is 8.70. The summed E-state index contributed by atoms with van der Waals surface area (Å²) in [4.78, 5) is 14.6. The maximum Gasteiger partial charge on any atom is 0.221 e. The third-order valence-electron chi connectivity index (χ3n) is 1.82. The number of anilines is 1. The Kier molecular flexibility index (Phi) is 4.69. The van der Waals surface area contributed by atoms with Gasteiger partial charge in [-0.05, 0) is 40.8 Å². The zero-order valence-corrected chi connectivity index (χ0v) is 10.9. The van der Waals surface area contributed by atoms with Crippen molar-refractivity contribution < 1.29 is 9.90 Å². The van der Waals surface area contributed by atoms with Crippen LogP contribution in [-0.4, -0.2) is 23.6 Å². The average Bonchev–Trinajstić information content (AvgIpc) is 2.20. The number of aliphatic hydroxyl groups excluding tert-OH is 1. The molecule has 0 atom stereocenters. The van der Waals surface area contributed by atoms with E-state index in [2.05, 4.69) is 32.9 Å². The van der Waals surface area contributed by atoms with Crippen LogP contribution in [0.1, 0.15) is 12.5 Å². The van der Waals surface area contributed by atoms with Crippen LogP contribution in [0, 0.1) is 3.57 Å². The molecule has 0 unspecified atom stereocenters. The van der Waals surface area contributed by atoms with Crippen LogP contribution >= 0.6 is 22.6 Å². The Hall–Kier alpha value is -1.15. The molecule has 1 aromatic carbocycles. The third kappa shape index (κ3) is 3.46. The second-order valence-electron chi connectivity index (χ2n) is 3.06. The van der Waals surface area contributed by atoms with E-state index in [1.807, 2.05) is 0 Å². The topological polar surface area (TPSA) is 87.7 Å². The number of hydrogen-bond acceptors (Lipinski definition) is 3. The van der Waals surface area contributed by atoms with Crippen LogP contribution in [0.25, 0.3) is 0 Å². The van der Waals surface area contributed by atoms with Gasteiger partial charge in [0.2, 0.25) is 5.91 Å². The van der Waals surface area contributed by atoms with Crippen molar-refractivity contribution in [3.63, 3.8) is 0 Å². The highest BCUT2D eigenvalue weighted by Crippen LogP contribution is 2.19. The normalized spacial score (nSPS) is 11.3. The number of nitrogens with two attached hydrogens (primary N) is 1. The predicted molar refractivity (Wildman–Crippen MR) is 71.3 cm³/mol. The quantitative estimate of drug-likeness (QED) is 0.436. The van der Waals surface area contributed by atoms with Crippen LogP contribution < -0.4 is 11.1 Å². The van der Waals surface area contributed by atoms with Crippen LogP contribution in [0.2, 0.25) is 0 Å². The number of carbonyl (C=O) groups is 1. The molecular weight excluding hydrogens is 321 g/mol. The van der Waals surface area contributed by atoms with Crippen molar-refractivity contribution in [3.05, 3.63) is 27.3 Å². The molecule has 0 heterocycles. The molecule has 0 saturated carbocycles. The Labute approximate surface area is 107 Å². The number of aliphatic imine (C=N–C) groups is 1. The summed E-state index contributed by atoms with van der Waals surface area (Å²) in [6.07, 6.45) is 0. The van der Waals surface area contributed by atoms with Gasteiger partial charge in [-0.25, -0.2) is 4.99 Å². The number of amidine groups is 1. The van der Waals surface area contributed by atoms with Gasteiger partial charge < -0.3 is 16.2 Å². The van der Waals surface area contributed by atoms with Crippen LogP contribution in [0.5, 0.6) is 0 Å². The number of hydrogen-bond donors (Lipinski definition) is 3. The maximum atomic E-state index is 10.9. The molecule has 1 amide bonds. The number of nitrogens with zero attached hydrogens (tertiary/aromatic N) is 1. The van der Waals surface area contributed by atoms with Crippen molar-refractivity contribution >= 4 is 40.0 Å². The van der Waals surface area contributed by atoms with Crippen LogP contribution in [0.15, 0.2) is 23.2 Å². The fourth-order valence-electron chi connectivity index (χ4n) is 1.13. The van der Waals surface area contributed by atoms with Gasteiger partial charge >= 0.3 is 0 Å². The largest absolute Gasteiger partial charge is 0.383 e. The summed E-state index contributed by atoms with van der Waals surface area (Å²) >= 11 is 2.09. The van der Waals surface area contributed by atoms with E-state index >= 15 is 0 Å². The molecule has 0 aliphatic rings. The summed E-state index contributed by atoms with van der Waals surface area (Å²) in [6.45, 7) is 1.11. The lowest BCUT2D eigenvalue weighted by Gasteiger charge is -2.07. The second kappa shape index (κ2) is 5.80. The van der Waals surface area contributed by atoms with Gasteiger partial charge in [0.05, 0.1) is 5.69 Å². The molecule has 16 heavy (non-hydrogen) atoms. The Bertz CT molecular complexity index is 432. The molecule has 4 N–H and O–H groups in total. The van der Waals surface area contributed by atoms with E-state index < -0.39 is 0 Å². The number of halogens is 1. The monoisotopic (exact) mass is 333 g/mol. The molecule has 0 aliphatic carbocycles. The minimum absolute atomic E-state index is 0.123. The Morgan fingerprint density at radius 1 is 1.62 bits per heavy atom. The fourth-order valence-corrected chi connectivity index (χ4v) is 1.78. The summed E-state index contributed by atoms with van der Waals surface area (Å²) in [6, 6.07) is 5.28. The van der Waals surface area contributed by atoms with E-state index in [1.54, 1.807) is 18.2 Å². The first-order valence-electron chi connectivity index (χ1n) is 4.53. The van der Waals surface area contributed by atoms with E-state index in [1.165, 1.54) is 6.92 Å². The van der Waals surface area contributed by atoms with Gasteiger partial charge in [0.25, 0.3) is 0 Å². The van der Waals surface area contributed by atoms with Crippen LogP contribution in [0.3, 0.4) is 0 Å². The number of amides is 1. The van der Waals surface area contributed by atoms with Crippen molar-refractivity contribution in [2.24, 2.45) is 10.7 Å². The third-order valence-corrected chi connectivity index (χ3v) is 2.71. The summed E-state index contributed by atoms with van der Waals surface area (Å²) in [5, 5.41) is 11.3. The highest BCUT2D eigenvalue weighted by molar-refractivity contribution is 14.1. The number of carbonyl (C=O) groups excluding carboxylic acids is 1. The molecule has 0 aromatic heterocycles. The van der Waals surface area contributed by atoms with Gasteiger partial charge in [0, 0.05) is 16.1 Å². The van der Waals surface area contributed by atoms with Crippen LogP contribution in [-0.2, 0) is 4.79 Å². The van der Waals surface area contributed by atoms with Gasteiger partial charge in [-0.15, -0.1) is 0 Å². The lowest BCUT2D eigenvalue weighted by Crippen LogP contribution is -2.15. The first-order valence-corrected chi connectivity index (χ1v) is 5.60. The van der Waals surface area contributed by atoms with Gasteiger partial charge in [-0.1, -0.05) is 0 Å². The molecule has 0 saturated heterocycles. The van der Waals surface area contributed by atoms with Crippen molar-refractivity contribution in [3.8, 4) is 0 Å². The van der Waals surface area contributed by atoms with E-state index in [4.69, 9.17) is 10.8 Å². The van der Waals surface area contributed by atoms with Crippen LogP contribution in [0.4, 0.5) is 5.69 Å². The minimum Gasteiger partial charge on any atom is -0.383 e. The second-order valence-corrected chi connectivity index (χ2v) is 4.22. The van der Waals surface area contributed by atoms with Gasteiger partial charge in [0.1, 0.15) is 12.6 Å². The Balaban J connectivity index is 2.99. The standard InChI is InChI=1S/C10H12IN3O2/c1-6(16)14-9-3-2-7(4-8(9)11)10(12)13-5-15/h2-4,15H,5H2,1H3,(H2,12,13)(H,14,16). The Morgan fingerprint density at radius 2 is 2.31 bits per heavy atom. The lowest BCUT2D eigenvalue weighted by molar-refractivity contribution is -0.114. The zero-order chi connectivity index (χ0) is 12.1. The molecule has 6 heteroatoms. The average molecular weight is 333 g/mol. The van der Waals surface area contributed by atoms with Gasteiger partial charge in [0.15, 0.2) is 0 Å². The highest BCUT2D eigenvalue weighted by Gasteiger charge is 2.04. The molecule has 0 aliphatic heterocycles. The highest BCUT2D eigenvalue weighted by atomic mass is 127. The summed E-state index contributed by atoms with van der Waals surface area (Å²) < 4.78 is 0.862. The Morgan fingerprint density at radius 3 is 2.81 bits per heavy atom. The molecule has 0 radical (unpaired) electrons. The molecule has 5 nitrogen and oxygen atoms in total. The first kappa shape index (κ1) is 12.9. The molecule has 0 spiro atoms. The van der Waals surface area contributed by atoms with E-state index in [9.17, 15) is 4.79 Å². The van der Waals surface area contributed by atoms with Crippen molar-refractivity contribution in [2.45, 2.75) is 6.92 Å². The maximum absolute atomic E-state index is 10.9. The number of nitrogens with one attached hydrogen (secondary N) is 1.